The first kappa shape index (κ1) is 22.1. The molecule has 0 aliphatic heterocycles. The third kappa shape index (κ3) is 7.57. The van der Waals surface area contributed by atoms with Gasteiger partial charge in [0, 0.05) is 7.26 Å². The van der Waals surface area contributed by atoms with Crippen molar-refractivity contribution in [3.63, 3.8) is 0 Å². The molecule has 6 heteroatoms. The lowest BCUT2D eigenvalue weighted by atomic mass is 10.2. The van der Waals surface area contributed by atoms with E-state index in [2.05, 4.69) is 0 Å². The van der Waals surface area contributed by atoms with Crippen molar-refractivity contribution in [1.29, 1.82) is 0 Å². The molecule has 0 spiro atoms. The molecule has 0 unspecified atom stereocenters. The zero-order chi connectivity index (χ0) is 17.3. The lowest BCUT2D eigenvalue weighted by Gasteiger charge is -2.30. The normalized spacial score (nSPS) is 13.6. The van der Waals surface area contributed by atoms with Crippen LogP contribution in [0, 0.1) is 0 Å². The van der Waals surface area contributed by atoms with Crippen LogP contribution >= 0.6 is 7.26 Å². The summed E-state index contributed by atoms with van der Waals surface area (Å²) in [6.07, 6.45) is 1.99. The minimum Gasteiger partial charge on any atom is -0.196 e. The average Bonchev–Trinajstić information content (AvgIpc) is 2.44. The Morgan fingerprint density at radius 1 is 0.636 bits per heavy atom. The van der Waals surface area contributed by atoms with E-state index in [1.807, 2.05) is 20.8 Å². The molecule has 0 aromatic heterocycles. The quantitative estimate of drug-likeness (QED) is 0.263. The lowest BCUT2D eigenvalue weighted by molar-refractivity contribution is -0.282. The number of hydrogen-bond donors (Lipinski definition) is 0. The number of alkyl halides is 5. The molecule has 0 N–H and O–H groups in total. The summed E-state index contributed by atoms with van der Waals surface area (Å²) in [5, 5.41) is 0. The zero-order valence-corrected chi connectivity index (χ0v) is 15.0. The van der Waals surface area contributed by atoms with Gasteiger partial charge in [-0.3, -0.25) is 0 Å². The third-order valence-corrected chi connectivity index (χ3v) is 9.24. The van der Waals surface area contributed by atoms with Crippen molar-refractivity contribution in [2.75, 3.05) is 24.6 Å². The fourth-order valence-corrected chi connectivity index (χ4v) is 7.73. The Morgan fingerprint density at radius 2 is 1.00 bits per heavy atom. The van der Waals surface area contributed by atoms with Crippen molar-refractivity contribution in [3.8, 4) is 0 Å². The molecule has 0 nitrogen and oxygen atoms in total. The highest BCUT2D eigenvalue weighted by atomic mass is 31.2. The maximum Gasteiger partial charge on any atom is 0.453 e. The van der Waals surface area contributed by atoms with E-state index in [-0.39, 0.29) is 6.16 Å². The predicted molar refractivity (Wildman–Crippen MR) is 86.7 cm³/mol. The first-order valence-electron chi connectivity index (χ1n) is 8.43. The minimum absolute atomic E-state index is 0.0828. The van der Waals surface area contributed by atoms with Gasteiger partial charge in [-0.15, -0.1) is 0 Å². The maximum absolute atomic E-state index is 13.3. The summed E-state index contributed by atoms with van der Waals surface area (Å²) in [5.74, 6) is -4.54. The smallest absolute Gasteiger partial charge is 0.196 e. The van der Waals surface area contributed by atoms with Gasteiger partial charge in [0.1, 0.15) is 0 Å². The molecule has 0 aromatic rings. The fourth-order valence-electron chi connectivity index (χ4n) is 2.67. The Hall–Kier alpha value is 0.0800. The molecule has 0 heterocycles. The van der Waals surface area contributed by atoms with Crippen LogP contribution in [0.2, 0.25) is 0 Å². The molecule has 0 radical (unpaired) electrons. The fraction of sp³-hybridized carbons (Fsp3) is 1.00. The number of halogens is 5. The zero-order valence-electron chi connectivity index (χ0n) is 14.1. The summed E-state index contributed by atoms with van der Waals surface area (Å²) in [5.41, 5.74) is 0. The first-order chi connectivity index (χ1) is 10.1. The van der Waals surface area contributed by atoms with Crippen LogP contribution in [0.25, 0.3) is 0 Å². The maximum atomic E-state index is 13.3. The molecule has 0 saturated carbocycles. The minimum atomic E-state index is -5.41. The Bertz CT molecular complexity index is 267. The van der Waals surface area contributed by atoms with E-state index in [1.165, 1.54) is 0 Å². The highest BCUT2D eigenvalue weighted by Crippen LogP contribution is 2.62. The molecule has 0 rings (SSSR count). The molecule has 0 amide bonds. The van der Waals surface area contributed by atoms with Gasteiger partial charge in [0.2, 0.25) is 0 Å². The summed E-state index contributed by atoms with van der Waals surface area (Å²) >= 11 is 0. The average molecular weight is 349 g/mol. The summed E-state index contributed by atoms with van der Waals surface area (Å²) in [6.45, 7) is 6.12. The van der Waals surface area contributed by atoms with E-state index in [9.17, 15) is 22.0 Å². The molecule has 134 valence electrons. The summed E-state index contributed by atoms with van der Waals surface area (Å²) in [6, 6.07) is 0. The van der Waals surface area contributed by atoms with Crippen molar-refractivity contribution in [1.82, 2.24) is 0 Å². The molecule has 0 aromatic carbocycles. The second-order valence-electron chi connectivity index (χ2n) is 6.25. The topological polar surface area (TPSA) is 0 Å². The number of rotatable bonds is 12. The van der Waals surface area contributed by atoms with Gasteiger partial charge >= 0.3 is 12.1 Å². The van der Waals surface area contributed by atoms with Crippen LogP contribution < -0.4 is 0 Å². The van der Waals surface area contributed by atoms with E-state index in [4.69, 9.17) is 0 Å². The van der Waals surface area contributed by atoms with Gasteiger partial charge in [-0.1, -0.05) is 40.0 Å². The molecule has 0 aliphatic rings. The number of unbranched alkanes of at least 4 members (excludes halogenated alkanes) is 3. The van der Waals surface area contributed by atoms with E-state index >= 15 is 0 Å². The van der Waals surface area contributed by atoms with Gasteiger partial charge in [0.25, 0.3) is 0 Å². The Balaban J connectivity index is 4.99. The molecule has 22 heavy (non-hydrogen) atoms. The number of hydrogen-bond acceptors (Lipinski definition) is 0. The van der Waals surface area contributed by atoms with E-state index in [0.717, 1.165) is 57.0 Å². The molecule has 0 bridgehead atoms. The van der Waals surface area contributed by atoms with Gasteiger partial charge in [0.05, 0.1) is 31.1 Å². The van der Waals surface area contributed by atoms with Crippen LogP contribution in [0.1, 0.15) is 65.7 Å². The van der Waals surface area contributed by atoms with Gasteiger partial charge in [0.15, 0.2) is 0 Å². The van der Waals surface area contributed by atoms with Crippen molar-refractivity contribution in [2.45, 2.75) is 77.8 Å². The Kier molecular flexibility index (Phi) is 10.1. The highest BCUT2D eigenvalue weighted by Gasteiger charge is 2.58. The molecular weight excluding hydrogens is 318 g/mol. The van der Waals surface area contributed by atoms with Crippen LogP contribution in [0.3, 0.4) is 0 Å². The second kappa shape index (κ2) is 10.1. The van der Waals surface area contributed by atoms with Gasteiger partial charge in [-0.2, -0.15) is 22.0 Å². The summed E-state index contributed by atoms with van der Waals surface area (Å²) in [4.78, 5) is 0. The Labute approximate surface area is 132 Å². The summed E-state index contributed by atoms with van der Waals surface area (Å²) < 4.78 is 63.9. The Morgan fingerprint density at radius 3 is 1.27 bits per heavy atom. The predicted octanol–water partition coefficient (Wildman–Crippen LogP) is 6.99. The molecular formula is C16H31F5P+. The highest BCUT2D eigenvalue weighted by molar-refractivity contribution is 7.75. The largest absolute Gasteiger partial charge is 0.453 e. The first-order valence-corrected chi connectivity index (χ1v) is 11.0. The van der Waals surface area contributed by atoms with Crippen LogP contribution in [0.4, 0.5) is 22.0 Å². The van der Waals surface area contributed by atoms with Crippen LogP contribution in [-0.2, 0) is 0 Å². The van der Waals surface area contributed by atoms with Crippen molar-refractivity contribution >= 4 is 7.26 Å². The molecule has 0 saturated heterocycles. The van der Waals surface area contributed by atoms with E-state index < -0.39 is 25.8 Å². The molecule has 0 atom stereocenters. The SMILES string of the molecule is CCCC[P+](CCCC)(CCCC)CCC(F)(F)C(F)(F)F. The standard InChI is InChI=1S/C16H31F5P/c1-4-7-11-22(12-8-5-2,13-9-6-3)14-10-15(17,18)16(19,20)21/h4-14H2,1-3H3/q+1. The van der Waals surface area contributed by atoms with Gasteiger partial charge in [-0.25, -0.2) is 0 Å². The van der Waals surface area contributed by atoms with Gasteiger partial charge < -0.3 is 0 Å². The summed E-state index contributed by atoms with van der Waals surface area (Å²) in [7, 11) is -1.69. The van der Waals surface area contributed by atoms with Crippen molar-refractivity contribution in [2.24, 2.45) is 0 Å². The van der Waals surface area contributed by atoms with Crippen molar-refractivity contribution < 1.29 is 22.0 Å². The third-order valence-electron chi connectivity index (χ3n) is 4.27. The lowest BCUT2D eigenvalue weighted by Crippen LogP contribution is -2.37. The molecule has 0 fully saturated rings. The van der Waals surface area contributed by atoms with Crippen LogP contribution in [-0.4, -0.2) is 36.7 Å². The van der Waals surface area contributed by atoms with E-state index in [0.29, 0.717) is 0 Å². The van der Waals surface area contributed by atoms with E-state index in [1.54, 1.807) is 0 Å². The van der Waals surface area contributed by atoms with Crippen LogP contribution in [0.15, 0.2) is 0 Å². The molecule has 0 aliphatic carbocycles. The van der Waals surface area contributed by atoms with Crippen molar-refractivity contribution in [3.05, 3.63) is 0 Å². The van der Waals surface area contributed by atoms with Gasteiger partial charge in [-0.05, 0) is 19.3 Å². The van der Waals surface area contributed by atoms with Crippen LogP contribution in [0.5, 0.6) is 0 Å². The monoisotopic (exact) mass is 349 g/mol. The second-order valence-corrected chi connectivity index (χ2v) is 10.7.